The highest BCUT2D eigenvalue weighted by molar-refractivity contribution is 5.53. The number of aromatic hydroxyl groups is 1. The molecule has 0 unspecified atom stereocenters. The van der Waals surface area contributed by atoms with Gasteiger partial charge in [-0.1, -0.05) is 43.2 Å². The van der Waals surface area contributed by atoms with Crippen LogP contribution in [0.5, 0.6) is 5.75 Å². The van der Waals surface area contributed by atoms with Crippen molar-refractivity contribution in [1.29, 1.82) is 0 Å². The molecule has 0 fully saturated rings. The lowest BCUT2D eigenvalue weighted by Crippen LogP contribution is -2.28. The van der Waals surface area contributed by atoms with Gasteiger partial charge < -0.3 is 15.3 Å². The van der Waals surface area contributed by atoms with E-state index in [1.165, 1.54) is 5.57 Å². The van der Waals surface area contributed by atoms with Crippen LogP contribution in [0.15, 0.2) is 42.5 Å². The van der Waals surface area contributed by atoms with Crippen molar-refractivity contribution in [2.75, 3.05) is 0 Å². The third-order valence-electron chi connectivity index (χ3n) is 3.87. The number of benzene rings is 1. The van der Waals surface area contributed by atoms with Crippen molar-refractivity contribution >= 4 is 6.08 Å². The van der Waals surface area contributed by atoms with Gasteiger partial charge in [0.2, 0.25) is 0 Å². The van der Waals surface area contributed by atoms with Crippen molar-refractivity contribution in [3.63, 3.8) is 0 Å². The summed E-state index contributed by atoms with van der Waals surface area (Å²) in [6.45, 7) is 7.49. The standard InChI is InChI=1S/C19H28O3/c1-4-6-15(13-16-7-10-17(21)11-8-16)9-12-19(22)18(5-2)14(3)20/h5,7-8,10-11,13-14,18-22H,2,4,6,9,12H2,1,3H3/b15-13+/t14-,18+,19-/m1/s1. The van der Waals surface area contributed by atoms with Gasteiger partial charge in [-0.05, 0) is 43.9 Å². The number of phenolic OH excluding ortho intramolecular Hbond substituents is 1. The molecule has 3 nitrogen and oxygen atoms in total. The maximum atomic E-state index is 10.2. The van der Waals surface area contributed by atoms with Gasteiger partial charge in [0, 0.05) is 5.92 Å². The van der Waals surface area contributed by atoms with E-state index in [-0.39, 0.29) is 11.7 Å². The lowest BCUT2D eigenvalue weighted by atomic mass is 9.91. The highest BCUT2D eigenvalue weighted by Gasteiger charge is 2.20. The third-order valence-corrected chi connectivity index (χ3v) is 3.87. The second kappa shape index (κ2) is 9.44. The molecule has 0 aromatic heterocycles. The quantitative estimate of drug-likeness (QED) is 0.606. The predicted molar refractivity (Wildman–Crippen MR) is 91.6 cm³/mol. The van der Waals surface area contributed by atoms with E-state index in [4.69, 9.17) is 0 Å². The number of rotatable bonds is 9. The molecule has 0 radical (unpaired) electrons. The minimum Gasteiger partial charge on any atom is -0.508 e. The van der Waals surface area contributed by atoms with Gasteiger partial charge in [0.15, 0.2) is 0 Å². The Bertz CT molecular complexity index is 474. The minimum atomic E-state index is -0.594. The van der Waals surface area contributed by atoms with Crippen molar-refractivity contribution in [1.82, 2.24) is 0 Å². The minimum absolute atomic E-state index is 0.260. The van der Waals surface area contributed by atoms with Crippen LogP contribution < -0.4 is 0 Å². The molecular formula is C19H28O3. The second-order valence-corrected chi connectivity index (χ2v) is 5.80. The van der Waals surface area contributed by atoms with Crippen LogP contribution in [0.3, 0.4) is 0 Å². The predicted octanol–water partition coefficient (Wildman–Crippen LogP) is 3.90. The van der Waals surface area contributed by atoms with Crippen LogP contribution in [0, 0.1) is 5.92 Å². The van der Waals surface area contributed by atoms with Crippen LogP contribution in [0.4, 0.5) is 0 Å². The van der Waals surface area contributed by atoms with Gasteiger partial charge in [-0.15, -0.1) is 6.58 Å². The Morgan fingerprint density at radius 2 is 1.82 bits per heavy atom. The van der Waals surface area contributed by atoms with Crippen molar-refractivity contribution in [2.45, 2.75) is 51.7 Å². The fraction of sp³-hybridized carbons (Fsp3) is 0.474. The van der Waals surface area contributed by atoms with Crippen molar-refractivity contribution in [2.24, 2.45) is 5.92 Å². The van der Waals surface area contributed by atoms with Crippen LogP contribution in [0.1, 0.15) is 45.1 Å². The normalized spacial score (nSPS) is 16.1. The van der Waals surface area contributed by atoms with E-state index in [1.807, 2.05) is 12.1 Å². The summed E-state index contributed by atoms with van der Waals surface area (Å²) >= 11 is 0. The summed E-state index contributed by atoms with van der Waals surface area (Å²) in [5, 5.41) is 29.2. The molecule has 0 heterocycles. The maximum absolute atomic E-state index is 10.2. The number of hydrogen-bond acceptors (Lipinski definition) is 3. The number of aliphatic hydroxyl groups is 2. The first kappa shape index (κ1) is 18.5. The molecule has 0 aliphatic heterocycles. The van der Waals surface area contributed by atoms with Crippen LogP contribution in [0.25, 0.3) is 6.08 Å². The number of phenols is 1. The Labute approximate surface area is 133 Å². The molecule has 0 amide bonds. The molecule has 22 heavy (non-hydrogen) atoms. The first-order valence-corrected chi connectivity index (χ1v) is 7.95. The lowest BCUT2D eigenvalue weighted by Gasteiger charge is -2.22. The Balaban J connectivity index is 2.71. The average molecular weight is 304 g/mol. The summed E-state index contributed by atoms with van der Waals surface area (Å²) in [5.41, 5.74) is 2.31. The molecule has 0 saturated heterocycles. The Hall–Kier alpha value is -1.58. The first-order valence-electron chi connectivity index (χ1n) is 7.95. The van der Waals surface area contributed by atoms with Gasteiger partial charge in [-0.25, -0.2) is 0 Å². The lowest BCUT2D eigenvalue weighted by molar-refractivity contribution is 0.0421. The molecule has 3 heteroatoms. The number of aliphatic hydroxyl groups excluding tert-OH is 2. The average Bonchev–Trinajstić information content (AvgIpc) is 2.47. The van der Waals surface area contributed by atoms with E-state index in [9.17, 15) is 15.3 Å². The van der Waals surface area contributed by atoms with Crippen molar-refractivity contribution in [3.05, 3.63) is 48.1 Å². The summed E-state index contributed by atoms with van der Waals surface area (Å²) in [7, 11) is 0. The molecule has 3 atom stereocenters. The van der Waals surface area contributed by atoms with E-state index >= 15 is 0 Å². The smallest absolute Gasteiger partial charge is 0.115 e. The Kier molecular flexibility index (Phi) is 7.92. The third kappa shape index (κ3) is 6.04. The van der Waals surface area contributed by atoms with Gasteiger partial charge in [0.25, 0.3) is 0 Å². The summed E-state index contributed by atoms with van der Waals surface area (Å²) in [5.74, 6) is -0.0353. The molecule has 1 aromatic carbocycles. The molecule has 0 bridgehead atoms. The monoisotopic (exact) mass is 304 g/mol. The van der Waals surface area contributed by atoms with Crippen LogP contribution in [-0.4, -0.2) is 27.5 Å². The summed E-state index contributed by atoms with van der Waals surface area (Å²) < 4.78 is 0. The maximum Gasteiger partial charge on any atom is 0.115 e. The molecule has 1 aromatic rings. The molecule has 0 aliphatic rings. The zero-order valence-corrected chi connectivity index (χ0v) is 13.6. The highest BCUT2D eigenvalue weighted by Crippen LogP contribution is 2.22. The zero-order valence-electron chi connectivity index (χ0n) is 13.6. The molecule has 3 N–H and O–H groups in total. The molecule has 0 saturated carbocycles. The van der Waals surface area contributed by atoms with Crippen molar-refractivity contribution in [3.8, 4) is 5.75 Å². The van der Waals surface area contributed by atoms with Crippen LogP contribution in [0.2, 0.25) is 0 Å². The van der Waals surface area contributed by atoms with E-state index in [0.29, 0.717) is 6.42 Å². The molecule has 122 valence electrons. The van der Waals surface area contributed by atoms with Crippen LogP contribution in [-0.2, 0) is 0 Å². The van der Waals surface area contributed by atoms with Gasteiger partial charge in [0.05, 0.1) is 12.2 Å². The largest absolute Gasteiger partial charge is 0.508 e. The number of allylic oxidation sites excluding steroid dienone is 1. The van der Waals surface area contributed by atoms with Gasteiger partial charge in [-0.2, -0.15) is 0 Å². The highest BCUT2D eigenvalue weighted by atomic mass is 16.3. The van der Waals surface area contributed by atoms with Gasteiger partial charge >= 0.3 is 0 Å². The van der Waals surface area contributed by atoms with E-state index in [1.54, 1.807) is 25.1 Å². The molecular weight excluding hydrogens is 276 g/mol. The van der Waals surface area contributed by atoms with E-state index in [2.05, 4.69) is 19.6 Å². The van der Waals surface area contributed by atoms with Crippen molar-refractivity contribution < 1.29 is 15.3 Å². The molecule has 0 spiro atoms. The van der Waals surface area contributed by atoms with E-state index in [0.717, 1.165) is 24.8 Å². The fourth-order valence-electron chi connectivity index (χ4n) is 2.60. The topological polar surface area (TPSA) is 60.7 Å². The first-order chi connectivity index (χ1) is 10.5. The number of hydrogen-bond donors (Lipinski definition) is 3. The molecule has 0 aliphatic carbocycles. The van der Waals surface area contributed by atoms with Gasteiger partial charge in [-0.3, -0.25) is 0 Å². The van der Waals surface area contributed by atoms with Gasteiger partial charge in [0.1, 0.15) is 5.75 Å². The molecule has 1 rings (SSSR count). The Morgan fingerprint density at radius 1 is 1.18 bits per heavy atom. The summed E-state index contributed by atoms with van der Waals surface area (Å²) in [6, 6.07) is 7.10. The summed E-state index contributed by atoms with van der Waals surface area (Å²) in [6.07, 6.45) is 5.96. The zero-order chi connectivity index (χ0) is 16.5. The van der Waals surface area contributed by atoms with Crippen LogP contribution >= 0.6 is 0 Å². The second-order valence-electron chi connectivity index (χ2n) is 5.80. The SMILES string of the molecule is C=C[C@H]([C@H](O)CC/C(=C/c1ccc(O)cc1)CCC)[C@@H](C)O. The Morgan fingerprint density at radius 3 is 2.32 bits per heavy atom. The summed E-state index contributed by atoms with van der Waals surface area (Å²) in [4.78, 5) is 0. The van der Waals surface area contributed by atoms with E-state index < -0.39 is 12.2 Å². The fourth-order valence-corrected chi connectivity index (χ4v) is 2.60.